The molecule has 0 aromatic heterocycles. The number of non-ortho nitro benzene ring substituents is 2. The third-order valence-electron chi connectivity index (χ3n) is 7.74. The number of benzene rings is 2. The van der Waals surface area contributed by atoms with E-state index in [1.54, 1.807) is 47.9 Å². The van der Waals surface area contributed by atoms with Crippen molar-refractivity contribution in [3.05, 3.63) is 79.9 Å². The van der Waals surface area contributed by atoms with E-state index in [-0.39, 0.29) is 48.4 Å². The van der Waals surface area contributed by atoms with Crippen molar-refractivity contribution in [2.24, 2.45) is 0 Å². The van der Waals surface area contributed by atoms with Crippen molar-refractivity contribution in [1.29, 1.82) is 0 Å². The van der Waals surface area contributed by atoms with Crippen LogP contribution in [0.1, 0.15) is 51.0 Å². The molecule has 12 heteroatoms. The Morgan fingerprint density at radius 3 is 1.50 bits per heavy atom. The normalized spacial score (nSPS) is 32.0. The van der Waals surface area contributed by atoms with Gasteiger partial charge in [-0.2, -0.15) is 0 Å². The van der Waals surface area contributed by atoms with Crippen LogP contribution >= 0.6 is 0 Å². The minimum Gasteiger partial charge on any atom is -0.351 e. The van der Waals surface area contributed by atoms with E-state index >= 15 is 0 Å². The molecule has 0 saturated carbocycles. The van der Waals surface area contributed by atoms with Crippen LogP contribution in [0.4, 0.5) is 11.4 Å². The highest BCUT2D eigenvalue weighted by molar-refractivity contribution is 5.91. The molecule has 0 bridgehead atoms. The molecule has 0 unspecified atom stereocenters. The molecule has 3 fully saturated rings. The van der Waals surface area contributed by atoms with E-state index in [4.69, 9.17) is 9.47 Å². The molecule has 200 valence electrons. The van der Waals surface area contributed by atoms with E-state index < -0.39 is 33.3 Å². The summed E-state index contributed by atoms with van der Waals surface area (Å²) in [4.78, 5) is 51.8. The van der Waals surface area contributed by atoms with Crippen LogP contribution in [0.5, 0.6) is 0 Å². The Morgan fingerprint density at radius 2 is 1.16 bits per heavy atom. The molecule has 38 heavy (non-hydrogen) atoms. The summed E-state index contributed by atoms with van der Waals surface area (Å²) in [5.41, 5.74) is -1.30. The lowest BCUT2D eigenvalue weighted by molar-refractivity contribution is -0.385. The molecule has 3 aliphatic heterocycles. The Bertz CT molecular complexity index is 1250. The van der Waals surface area contributed by atoms with Gasteiger partial charge in [0.25, 0.3) is 23.2 Å². The average Bonchev–Trinajstić information content (AvgIpc) is 3.79. The van der Waals surface area contributed by atoms with E-state index in [0.29, 0.717) is 11.1 Å². The van der Waals surface area contributed by atoms with E-state index in [1.807, 2.05) is 13.8 Å². The molecule has 3 aliphatic rings. The van der Waals surface area contributed by atoms with Crippen molar-refractivity contribution in [1.82, 2.24) is 9.80 Å². The highest BCUT2D eigenvalue weighted by Gasteiger charge is 2.64. The first-order valence-electron chi connectivity index (χ1n) is 12.3. The monoisotopic (exact) mass is 524 g/mol. The summed E-state index contributed by atoms with van der Waals surface area (Å²) >= 11 is 0. The van der Waals surface area contributed by atoms with Gasteiger partial charge in [-0.05, 0) is 38.8 Å². The third kappa shape index (κ3) is 4.19. The van der Waals surface area contributed by atoms with Crippen molar-refractivity contribution in [2.75, 3.05) is 13.1 Å². The smallest absolute Gasteiger partial charge is 0.269 e. The van der Waals surface area contributed by atoms with Gasteiger partial charge in [-0.25, -0.2) is 0 Å². The summed E-state index contributed by atoms with van der Waals surface area (Å²) in [7, 11) is 0. The van der Waals surface area contributed by atoms with Crippen LogP contribution in [0, 0.1) is 20.2 Å². The molecular formula is C26H28N4O8. The first kappa shape index (κ1) is 25.7. The number of amides is 2. The Labute approximate surface area is 218 Å². The molecule has 3 heterocycles. The largest absolute Gasteiger partial charge is 0.351 e. The number of hydrogen-bond acceptors (Lipinski definition) is 8. The molecule has 5 rings (SSSR count). The van der Waals surface area contributed by atoms with E-state index in [9.17, 15) is 29.8 Å². The number of piperazine rings is 1. The van der Waals surface area contributed by atoms with Gasteiger partial charge in [0.15, 0.2) is 11.2 Å². The van der Waals surface area contributed by atoms with E-state index in [0.717, 1.165) is 0 Å². The molecule has 0 N–H and O–H groups in total. The van der Waals surface area contributed by atoms with Gasteiger partial charge in [-0.3, -0.25) is 29.8 Å². The summed E-state index contributed by atoms with van der Waals surface area (Å²) in [6.07, 6.45) is -1.18. The van der Waals surface area contributed by atoms with Crippen LogP contribution in [0.3, 0.4) is 0 Å². The third-order valence-corrected chi connectivity index (χ3v) is 7.74. The predicted molar refractivity (Wildman–Crippen MR) is 133 cm³/mol. The first-order valence-corrected chi connectivity index (χ1v) is 12.3. The molecule has 2 aromatic carbocycles. The van der Waals surface area contributed by atoms with Gasteiger partial charge in [-0.15, -0.1) is 0 Å². The fourth-order valence-corrected chi connectivity index (χ4v) is 5.38. The van der Waals surface area contributed by atoms with Gasteiger partial charge in [0, 0.05) is 49.4 Å². The Balaban J connectivity index is 1.26. The quantitative estimate of drug-likeness (QED) is 0.317. The highest BCUT2D eigenvalue weighted by atomic mass is 16.6. The highest BCUT2D eigenvalue weighted by Crippen LogP contribution is 2.53. The number of carbonyl (C=O) groups is 2. The maximum atomic E-state index is 13.5. The molecule has 2 amide bonds. The number of hydrogen-bond donors (Lipinski definition) is 0. The summed E-state index contributed by atoms with van der Waals surface area (Å²) in [6, 6.07) is 11.5. The summed E-state index contributed by atoms with van der Waals surface area (Å²) < 4.78 is 11.6. The fraction of sp³-hybridized carbons (Fsp3) is 0.462. The zero-order chi connectivity index (χ0) is 27.6. The lowest BCUT2D eigenvalue weighted by atomic mass is 9.95. The number of nitro groups is 2. The molecule has 0 radical (unpaired) electrons. The summed E-state index contributed by atoms with van der Waals surface area (Å²) in [5, 5.41) is 22.3. The van der Waals surface area contributed by atoms with Gasteiger partial charge in [-0.1, -0.05) is 24.3 Å². The molecule has 6 atom stereocenters. The van der Waals surface area contributed by atoms with Gasteiger partial charge < -0.3 is 19.3 Å². The maximum absolute atomic E-state index is 13.5. The number of nitrogens with zero attached hydrogens (tertiary/aromatic N) is 4. The van der Waals surface area contributed by atoms with Crippen molar-refractivity contribution < 1.29 is 28.9 Å². The average molecular weight is 525 g/mol. The molecule has 12 nitrogen and oxygen atoms in total. The zero-order valence-corrected chi connectivity index (χ0v) is 21.4. The first-order chi connectivity index (χ1) is 17.9. The number of nitro benzene ring substituents is 2. The molecule has 0 aliphatic carbocycles. The maximum Gasteiger partial charge on any atom is 0.269 e. The Hall–Kier alpha value is -3.90. The van der Waals surface area contributed by atoms with Crippen molar-refractivity contribution >= 4 is 23.2 Å². The van der Waals surface area contributed by atoms with Gasteiger partial charge >= 0.3 is 0 Å². The molecular weight excluding hydrogens is 496 g/mol. The second-order valence-corrected chi connectivity index (χ2v) is 10.5. The fourth-order valence-electron chi connectivity index (χ4n) is 5.38. The number of rotatable bonds is 6. The van der Waals surface area contributed by atoms with Gasteiger partial charge in [0.1, 0.15) is 12.2 Å². The minimum absolute atomic E-state index is 0.0684. The standard InChI is InChI=1S/C26H28N4O8/c1-15-13-28(24(32)26(4)22(38-26)18-8-6-10-20(12-18)30(35)36)16(2)14-27(15)23(31)25(3)21(37-25)17-7-5-9-19(11-17)29(33)34/h5-12,15-16,21-22H,13-14H2,1-4H3/t15-,16-,21-,22-,25+,26+/m0/s1. The molecule has 2 aromatic rings. The molecule has 3 saturated heterocycles. The lowest BCUT2D eigenvalue weighted by Gasteiger charge is -2.45. The predicted octanol–water partition coefficient (Wildman–Crippen LogP) is 3.31. The number of epoxide rings is 2. The lowest BCUT2D eigenvalue weighted by Crippen LogP contribution is -2.62. The SMILES string of the molecule is C[C@H]1CN(C(=O)[C@]2(C)O[C@H]2c2cccc([N+](=O)[O-])c2)[C@@H](C)CN1C(=O)[C@]1(C)O[C@H]1c1cccc([N+](=O)[O-])c1. The Kier molecular flexibility index (Phi) is 5.99. The van der Waals surface area contributed by atoms with Crippen LogP contribution < -0.4 is 0 Å². The second kappa shape index (κ2) is 8.84. The van der Waals surface area contributed by atoms with Crippen LogP contribution in [0.25, 0.3) is 0 Å². The van der Waals surface area contributed by atoms with Gasteiger partial charge in [0.05, 0.1) is 9.85 Å². The van der Waals surface area contributed by atoms with Crippen molar-refractivity contribution in [2.45, 2.75) is 63.2 Å². The second-order valence-electron chi connectivity index (χ2n) is 10.5. The van der Waals surface area contributed by atoms with Crippen LogP contribution in [0.15, 0.2) is 48.5 Å². The van der Waals surface area contributed by atoms with Crippen LogP contribution in [0.2, 0.25) is 0 Å². The zero-order valence-electron chi connectivity index (χ0n) is 21.4. The minimum atomic E-state index is -1.14. The van der Waals surface area contributed by atoms with E-state index in [1.165, 1.54) is 24.3 Å². The summed E-state index contributed by atoms with van der Waals surface area (Å²) in [6.45, 7) is 7.62. The topological polar surface area (TPSA) is 152 Å². The van der Waals surface area contributed by atoms with Gasteiger partial charge in [0.2, 0.25) is 0 Å². The summed E-state index contributed by atoms with van der Waals surface area (Å²) in [5.74, 6) is -0.465. The molecule has 0 spiro atoms. The number of carbonyl (C=O) groups excluding carboxylic acids is 2. The van der Waals surface area contributed by atoms with Crippen molar-refractivity contribution in [3.8, 4) is 0 Å². The Morgan fingerprint density at radius 1 is 0.789 bits per heavy atom. The van der Waals surface area contributed by atoms with Crippen LogP contribution in [-0.4, -0.2) is 67.8 Å². The van der Waals surface area contributed by atoms with Crippen LogP contribution in [-0.2, 0) is 19.1 Å². The van der Waals surface area contributed by atoms with E-state index in [2.05, 4.69) is 0 Å². The number of ether oxygens (including phenoxy) is 2. The van der Waals surface area contributed by atoms with Crippen molar-refractivity contribution in [3.63, 3.8) is 0 Å².